The maximum absolute atomic E-state index is 11.9. The summed E-state index contributed by atoms with van der Waals surface area (Å²) in [5.74, 6) is -0.234. The highest BCUT2D eigenvalue weighted by Gasteiger charge is 2.15. The Morgan fingerprint density at radius 1 is 1.50 bits per heavy atom. The maximum Gasteiger partial charge on any atom is 0.324 e. The van der Waals surface area contributed by atoms with Crippen molar-refractivity contribution in [2.45, 2.75) is 32.6 Å². The molecule has 6 nitrogen and oxygen atoms in total. The molecule has 0 radical (unpaired) electrons. The first-order valence-electron chi connectivity index (χ1n) is 6.93. The normalized spacial score (nSPS) is 10.1. The Kier molecular flexibility index (Phi) is 7.10. The number of guanidine groups is 1. The van der Waals surface area contributed by atoms with Gasteiger partial charge in [0.15, 0.2) is 5.96 Å². The summed E-state index contributed by atoms with van der Waals surface area (Å²) < 4.78 is 0. The third-order valence-electron chi connectivity index (χ3n) is 2.94. The van der Waals surface area contributed by atoms with Gasteiger partial charge in [0.2, 0.25) is 0 Å². The highest BCUT2D eigenvalue weighted by atomic mass is 16.2. The van der Waals surface area contributed by atoms with Crippen LogP contribution in [0.5, 0.6) is 0 Å². The van der Waals surface area contributed by atoms with E-state index in [0.717, 1.165) is 24.8 Å². The lowest BCUT2D eigenvalue weighted by Gasteiger charge is -2.21. The van der Waals surface area contributed by atoms with Crippen LogP contribution in [0.15, 0.2) is 24.5 Å². The second-order valence-electron chi connectivity index (χ2n) is 4.59. The number of aromatic nitrogens is 1. The van der Waals surface area contributed by atoms with Gasteiger partial charge in [0.25, 0.3) is 0 Å². The van der Waals surface area contributed by atoms with Crippen molar-refractivity contribution >= 4 is 12.0 Å². The van der Waals surface area contributed by atoms with Crippen LogP contribution in [-0.2, 0) is 6.42 Å². The van der Waals surface area contributed by atoms with Gasteiger partial charge in [-0.3, -0.25) is 15.3 Å². The van der Waals surface area contributed by atoms with Gasteiger partial charge in [-0.15, -0.1) is 0 Å². The number of unbranched alkanes of at least 4 members (excludes halogenated alkanes) is 2. The smallest absolute Gasteiger partial charge is 0.324 e. The molecule has 2 amide bonds. The fourth-order valence-corrected chi connectivity index (χ4v) is 1.78. The number of rotatable bonds is 7. The molecule has 0 unspecified atom stereocenters. The van der Waals surface area contributed by atoms with E-state index in [4.69, 9.17) is 11.1 Å². The molecule has 0 bridgehead atoms. The van der Waals surface area contributed by atoms with Gasteiger partial charge in [0.05, 0.1) is 0 Å². The van der Waals surface area contributed by atoms with Gasteiger partial charge < -0.3 is 11.1 Å². The topological polar surface area (TPSA) is 95.1 Å². The van der Waals surface area contributed by atoms with Gasteiger partial charge >= 0.3 is 6.03 Å². The van der Waals surface area contributed by atoms with Crippen LogP contribution in [0.25, 0.3) is 0 Å². The molecule has 0 aliphatic carbocycles. The molecule has 1 heterocycles. The van der Waals surface area contributed by atoms with Gasteiger partial charge in [-0.1, -0.05) is 25.8 Å². The molecule has 0 aliphatic heterocycles. The first-order chi connectivity index (χ1) is 9.65. The Morgan fingerprint density at radius 3 is 2.90 bits per heavy atom. The second kappa shape index (κ2) is 8.90. The Morgan fingerprint density at radius 2 is 2.30 bits per heavy atom. The number of urea groups is 1. The molecule has 1 rings (SSSR count). The molecular weight excluding hydrogens is 254 g/mol. The lowest BCUT2D eigenvalue weighted by molar-refractivity contribution is 0.220. The quantitative estimate of drug-likeness (QED) is 0.402. The van der Waals surface area contributed by atoms with E-state index in [1.165, 1.54) is 4.90 Å². The zero-order valence-corrected chi connectivity index (χ0v) is 11.9. The summed E-state index contributed by atoms with van der Waals surface area (Å²) in [7, 11) is 0. The average Bonchev–Trinajstić information content (AvgIpc) is 2.44. The number of hydrogen-bond acceptors (Lipinski definition) is 3. The molecular formula is C14H23N5O. The van der Waals surface area contributed by atoms with Crippen LogP contribution in [0.2, 0.25) is 0 Å². The van der Waals surface area contributed by atoms with Crippen molar-refractivity contribution in [2.24, 2.45) is 5.73 Å². The van der Waals surface area contributed by atoms with Gasteiger partial charge in [-0.25, -0.2) is 4.79 Å². The van der Waals surface area contributed by atoms with Crippen molar-refractivity contribution in [3.8, 4) is 0 Å². The number of hydrogen-bond donors (Lipinski definition) is 3. The molecule has 6 heteroatoms. The Labute approximate surface area is 119 Å². The van der Waals surface area contributed by atoms with Crippen molar-refractivity contribution in [3.63, 3.8) is 0 Å². The maximum atomic E-state index is 11.9. The molecule has 0 spiro atoms. The van der Waals surface area contributed by atoms with E-state index in [1.54, 1.807) is 12.4 Å². The van der Waals surface area contributed by atoms with E-state index < -0.39 is 0 Å². The van der Waals surface area contributed by atoms with E-state index in [2.05, 4.69) is 17.2 Å². The fraction of sp³-hybridized carbons (Fsp3) is 0.500. The largest absolute Gasteiger partial charge is 0.370 e. The van der Waals surface area contributed by atoms with E-state index in [0.29, 0.717) is 19.5 Å². The molecule has 1 aromatic rings. The summed E-state index contributed by atoms with van der Waals surface area (Å²) in [4.78, 5) is 17.2. The Hall–Kier alpha value is -2.11. The van der Waals surface area contributed by atoms with Gasteiger partial charge in [-0.05, 0) is 24.5 Å². The van der Waals surface area contributed by atoms with Gasteiger partial charge in [0.1, 0.15) is 0 Å². The predicted molar refractivity (Wildman–Crippen MR) is 79.5 cm³/mol. The number of carbonyl (C=O) groups is 1. The zero-order valence-electron chi connectivity index (χ0n) is 11.9. The van der Waals surface area contributed by atoms with Gasteiger partial charge in [-0.2, -0.15) is 0 Å². The molecule has 110 valence electrons. The minimum Gasteiger partial charge on any atom is -0.370 e. The van der Waals surface area contributed by atoms with Gasteiger partial charge in [0, 0.05) is 25.5 Å². The number of carbonyl (C=O) groups excluding carboxylic acids is 1. The highest BCUT2D eigenvalue weighted by Crippen LogP contribution is 2.00. The molecule has 0 saturated heterocycles. The summed E-state index contributed by atoms with van der Waals surface area (Å²) >= 11 is 0. The first kappa shape index (κ1) is 15.9. The molecule has 20 heavy (non-hydrogen) atoms. The van der Waals surface area contributed by atoms with E-state index in [1.807, 2.05) is 12.1 Å². The van der Waals surface area contributed by atoms with Crippen LogP contribution in [-0.4, -0.2) is 35.0 Å². The van der Waals surface area contributed by atoms with Crippen LogP contribution < -0.4 is 11.1 Å². The Balaban J connectivity index is 2.43. The molecule has 0 aromatic carbocycles. The van der Waals surface area contributed by atoms with Crippen LogP contribution >= 0.6 is 0 Å². The molecule has 1 aromatic heterocycles. The van der Waals surface area contributed by atoms with E-state index in [-0.39, 0.29) is 12.0 Å². The lowest BCUT2D eigenvalue weighted by atomic mass is 10.2. The summed E-state index contributed by atoms with van der Waals surface area (Å²) in [6, 6.07) is 3.47. The molecule has 4 N–H and O–H groups in total. The van der Waals surface area contributed by atoms with E-state index >= 15 is 0 Å². The van der Waals surface area contributed by atoms with E-state index in [9.17, 15) is 4.79 Å². The molecule has 0 fully saturated rings. The highest BCUT2D eigenvalue weighted by molar-refractivity contribution is 5.93. The number of amides is 2. The van der Waals surface area contributed by atoms with Crippen LogP contribution in [0.3, 0.4) is 0 Å². The molecule has 0 aliphatic rings. The minimum atomic E-state index is -0.308. The van der Waals surface area contributed by atoms with Crippen molar-refractivity contribution in [1.82, 2.24) is 15.2 Å². The van der Waals surface area contributed by atoms with Crippen molar-refractivity contribution in [3.05, 3.63) is 30.1 Å². The number of nitrogens with one attached hydrogen (secondary N) is 2. The molecule has 0 saturated carbocycles. The number of nitrogens with two attached hydrogens (primary N) is 1. The van der Waals surface area contributed by atoms with Crippen molar-refractivity contribution in [1.29, 1.82) is 5.41 Å². The summed E-state index contributed by atoms with van der Waals surface area (Å²) in [6.07, 6.45) is 7.19. The SMILES string of the molecule is CCCCCNC(=O)N(CCc1cccnc1)C(=N)N. The standard InChI is InChI=1S/C14H23N5O/c1-2-3-4-9-18-14(20)19(13(15)16)10-7-12-6-5-8-17-11-12/h5-6,8,11H,2-4,7,9-10H2,1H3,(H3,15,16)(H,18,20). The summed E-state index contributed by atoms with van der Waals surface area (Å²) in [5, 5.41) is 10.3. The third-order valence-corrected chi connectivity index (χ3v) is 2.94. The van der Waals surface area contributed by atoms with Crippen LogP contribution in [0, 0.1) is 5.41 Å². The van der Waals surface area contributed by atoms with Crippen LogP contribution in [0.4, 0.5) is 4.79 Å². The third kappa shape index (κ3) is 5.69. The number of nitrogens with zero attached hydrogens (tertiary/aromatic N) is 2. The summed E-state index contributed by atoms with van der Waals surface area (Å²) in [6.45, 7) is 3.10. The van der Waals surface area contributed by atoms with Crippen molar-refractivity contribution < 1.29 is 4.79 Å². The zero-order chi connectivity index (χ0) is 14.8. The minimum absolute atomic E-state index is 0.234. The number of pyridine rings is 1. The monoisotopic (exact) mass is 277 g/mol. The summed E-state index contributed by atoms with van der Waals surface area (Å²) in [5.41, 5.74) is 6.48. The lowest BCUT2D eigenvalue weighted by Crippen LogP contribution is -2.48. The molecule has 0 atom stereocenters. The predicted octanol–water partition coefficient (Wildman–Crippen LogP) is 1.72. The second-order valence-corrected chi connectivity index (χ2v) is 4.59. The average molecular weight is 277 g/mol. The fourth-order valence-electron chi connectivity index (χ4n) is 1.78. The van der Waals surface area contributed by atoms with Crippen LogP contribution in [0.1, 0.15) is 31.7 Å². The first-order valence-corrected chi connectivity index (χ1v) is 6.93. The van der Waals surface area contributed by atoms with Crippen molar-refractivity contribution in [2.75, 3.05) is 13.1 Å². The Bertz CT molecular complexity index is 421.